The molecule has 1 heterocycles. The molecule has 110 valence electrons. The van der Waals surface area contributed by atoms with Crippen molar-refractivity contribution in [1.82, 2.24) is 14.9 Å². The van der Waals surface area contributed by atoms with E-state index in [0.29, 0.717) is 11.0 Å². The minimum absolute atomic E-state index is 0.102. The molecule has 20 heavy (non-hydrogen) atoms. The van der Waals surface area contributed by atoms with Gasteiger partial charge in [-0.3, -0.25) is 4.90 Å². The standard InChI is InChI=1S/C15H21F2N3/c1-4-6-7-20(5-2)10(3)15-18-13-8-11(16)12(17)9-14(13)19-15/h8-10H,4-7H2,1-3H3,(H,18,19). The van der Waals surface area contributed by atoms with Gasteiger partial charge in [-0.1, -0.05) is 20.3 Å². The molecule has 0 aliphatic heterocycles. The van der Waals surface area contributed by atoms with Crippen LogP contribution in [0.5, 0.6) is 0 Å². The molecule has 0 aliphatic rings. The number of benzene rings is 1. The molecular formula is C15H21F2N3. The van der Waals surface area contributed by atoms with Gasteiger partial charge in [0.15, 0.2) is 11.6 Å². The van der Waals surface area contributed by atoms with E-state index in [1.165, 1.54) is 0 Å². The summed E-state index contributed by atoms with van der Waals surface area (Å²) in [5.41, 5.74) is 1.01. The number of H-pyrrole nitrogens is 1. The number of imidazole rings is 1. The second kappa shape index (κ2) is 6.31. The first-order chi connectivity index (χ1) is 9.56. The van der Waals surface area contributed by atoms with Crippen LogP contribution in [0.1, 0.15) is 45.5 Å². The van der Waals surface area contributed by atoms with Gasteiger partial charge in [0.2, 0.25) is 0 Å². The van der Waals surface area contributed by atoms with Crippen molar-refractivity contribution in [3.05, 3.63) is 29.6 Å². The summed E-state index contributed by atoms with van der Waals surface area (Å²) in [6, 6.07) is 2.40. The lowest BCUT2D eigenvalue weighted by molar-refractivity contribution is 0.212. The van der Waals surface area contributed by atoms with Crippen molar-refractivity contribution < 1.29 is 8.78 Å². The third-order valence-corrected chi connectivity index (χ3v) is 3.69. The van der Waals surface area contributed by atoms with Gasteiger partial charge in [0, 0.05) is 12.1 Å². The Kier molecular flexibility index (Phi) is 4.70. The molecule has 5 heteroatoms. The fourth-order valence-electron chi connectivity index (χ4n) is 2.38. The molecule has 0 saturated heterocycles. The van der Waals surface area contributed by atoms with E-state index in [4.69, 9.17) is 0 Å². The Balaban J connectivity index is 2.27. The number of hydrogen-bond donors (Lipinski definition) is 1. The molecule has 3 nitrogen and oxygen atoms in total. The van der Waals surface area contributed by atoms with E-state index in [1.807, 2.05) is 0 Å². The van der Waals surface area contributed by atoms with Crippen molar-refractivity contribution in [2.45, 2.75) is 39.7 Å². The third-order valence-electron chi connectivity index (χ3n) is 3.69. The SMILES string of the molecule is CCCCN(CC)C(C)c1nc2cc(F)c(F)cc2[nH]1. The lowest BCUT2D eigenvalue weighted by atomic mass is 10.2. The molecule has 0 amide bonds. The van der Waals surface area contributed by atoms with Crippen molar-refractivity contribution in [3.8, 4) is 0 Å². The fraction of sp³-hybridized carbons (Fsp3) is 0.533. The minimum atomic E-state index is -0.860. The number of hydrogen-bond acceptors (Lipinski definition) is 2. The second-order valence-corrected chi connectivity index (χ2v) is 5.06. The average molecular weight is 281 g/mol. The lowest BCUT2D eigenvalue weighted by Crippen LogP contribution is -2.28. The largest absolute Gasteiger partial charge is 0.341 e. The van der Waals surface area contributed by atoms with Crippen molar-refractivity contribution in [2.24, 2.45) is 0 Å². The van der Waals surface area contributed by atoms with Gasteiger partial charge < -0.3 is 4.98 Å². The predicted octanol–water partition coefficient (Wildman–Crippen LogP) is 4.02. The van der Waals surface area contributed by atoms with Crippen molar-refractivity contribution >= 4 is 11.0 Å². The number of fused-ring (bicyclic) bond motifs is 1. The molecule has 0 radical (unpaired) electrons. The van der Waals surface area contributed by atoms with E-state index in [0.717, 1.165) is 43.9 Å². The highest BCUT2D eigenvalue weighted by Gasteiger charge is 2.18. The maximum Gasteiger partial charge on any atom is 0.161 e. The first-order valence-electron chi connectivity index (χ1n) is 7.15. The fourth-order valence-corrected chi connectivity index (χ4v) is 2.38. The Morgan fingerprint density at radius 1 is 1.25 bits per heavy atom. The summed E-state index contributed by atoms with van der Waals surface area (Å²) in [6.45, 7) is 8.23. The summed E-state index contributed by atoms with van der Waals surface area (Å²) < 4.78 is 26.4. The summed E-state index contributed by atoms with van der Waals surface area (Å²) in [5.74, 6) is -0.955. The number of rotatable bonds is 6. The zero-order valence-electron chi connectivity index (χ0n) is 12.2. The summed E-state index contributed by atoms with van der Waals surface area (Å²) in [7, 11) is 0. The molecular weight excluding hydrogens is 260 g/mol. The Morgan fingerprint density at radius 2 is 1.95 bits per heavy atom. The summed E-state index contributed by atoms with van der Waals surface area (Å²) in [6.07, 6.45) is 2.27. The molecule has 1 unspecified atom stereocenters. The molecule has 2 aromatic rings. The van der Waals surface area contributed by atoms with E-state index in [-0.39, 0.29) is 6.04 Å². The predicted molar refractivity (Wildman–Crippen MR) is 76.6 cm³/mol. The normalized spacial score (nSPS) is 13.3. The van der Waals surface area contributed by atoms with Gasteiger partial charge in [-0.2, -0.15) is 0 Å². The number of halogens is 2. The Hall–Kier alpha value is -1.49. The molecule has 2 rings (SSSR count). The minimum Gasteiger partial charge on any atom is -0.341 e. The van der Waals surface area contributed by atoms with Crippen LogP contribution in [0, 0.1) is 11.6 Å². The number of nitrogens with one attached hydrogen (secondary N) is 1. The Bertz CT molecular complexity index is 541. The third kappa shape index (κ3) is 2.98. The molecule has 1 aromatic carbocycles. The van der Waals surface area contributed by atoms with Gasteiger partial charge in [0.25, 0.3) is 0 Å². The monoisotopic (exact) mass is 281 g/mol. The maximum absolute atomic E-state index is 13.2. The van der Waals surface area contributed by atoms with Crippen LogP contribution in [0.2, 0.25) is 0 Å². The van der Waals surface area contributed by atoms with Crippen LogP contribution in [-0.2, 0) is 0 Å². The van der Waals surface area contributed by atoms with Crippen LogP contribution < -0.4 is 0 Å². The number of unbranched alkanes of at least 4 members (excludes halogenated alkanes) is 1. The highest BCUT2D eigenvalue weighted by molar-refractivity contribution is 5.75. The van der Waals surface area contributed by atoms with Crippen LogP contribution in [0.25, 0.3) is 11.0 Å². The van der Waals surface area contributed by atoms with Gasteiger partial charge in [0.05, 0.1) is 17.1 Å². The van der Waals surface area contributed by atoms with Crippen LogP contribution in [-0.4, -0.2) is 28.0 Å². The van der Waals surface area contributed by atoms with Crippen LogP contribution in [0.3, 0.4) is 0 Å². The van der Waals surface area contributed by atoms with Gasteiger partial charge in [-0.15, -0.1) is 0 Å². The van der Waals surface area contributed by atoms with Gasteiger partial charge in [-0.05, 0) is 26.4 Å². The molecule has 1 N–H and O–H groups in total. The molecule has 1 aromatic heterocycles. The zero-order valence-corrected chi connectivity index (χ0v) is 12.2. The van der Waals surface area contributed by atoms with Crippen LogP contribution in [0.15, 0.2) is 12.1 Å². The molecule has 0 aliphatic carbocycles. The van der Waals surface area contributed by atoms with E-state index in [2.05, 4.69) is 35.6 Å². The summed E-state index contributed by atoms with van der Waals surface area (Å²) in [4.78, 5) is 9.78. The molecule has 0 spiro atoms. The first-order valence-corrected chi connectivity index (χ1v) is 7.15. The van der Waals surface area contributed by atoms with Gasteiger partial charge in [-0.25, -0.2) is 13.8 Å². The second-order valence-electron chi connectivity index (χ2n) is 5.06. The van der Waals surface area contributed by atoms with Gasteiger partial charge >= 0.3 is 0 Å². The Morgan fingerprint density at radius 3 is 2.60 bits per heavy atom. The number of aromatic amines is 1. The highest BCUT2D eigenvalue weighted by Crippen LogP contribution is 2.22. The van der Waals surface area contributed by atoms with Crippen LogP contribution >= 0.6 is 0 Å². The van der Waals surface area contributed by atoms with Crippen molar-refractivity contribution in [1.29, 1.82) is 0 Å². The number of nitrogens with zero attached hydrogens (tertiary/aromatic N) is 2. The highest BCUT2D eigenvalue weighted by atomic mass is 19.2. The topological polar surface area (TPSA) is 31.9 Å². The quantitative estimate of drug-likeness (QED) is 0.867. The van der Waals surface area contributed by atoms with Crippen molar-refractivity contribution in [3.63, 3.8) is 0 Å². The molecule has 0 fully saturated rings. The van der Waals surface area contributed by atoms with E-state index in [1.54, 1.807) is 0 Å². The molecule has 0 bridgehead atoms. The van der Waals surface area contributed by atoms with Crippen molar-refractivity contribution in [2.75, 3.05) is 13.1 Å². The summed E-state index contributed by atoms with van der Waals surface area (Å²) >= 11 is 0. The molecule has 0 saturated carbocycles. The lowest BCUT2D eigenvalue weighted by Gasteiger charge is -2.26. The smallest absolute Gasteiger partial charge is 0.161 e. The van der Waals surface area contributed by atoms with E-state index < -0.39 is 11.6 Å². The molecule has 1 atom stereocenters. The first kappa shape index (κ1) is 14.9. The van der Waals surface area contributed by atoms with Crippen LogP contribution in [0.4, 0.5) is 8.78 Å². The Labute approximate surface area is 118 Å². The average Bonchev–Trinajstić information content (AvgIpc) is 2.82. The maximum atomic E-state index is 13.2. The number of aromatic nitrogens is 2. The van der Waals surface area contributed by atoms with E-state index in [9.17, 15) is 8.78 Å². The van der Waals surface area contributed by atoms with E-state index >= 15 is 0 Å². The summed E-state index contributed by atoms with van der Waals surface area (Å²) in [5, 5.41) is 0. The van der Waals surface area contributed by atoms with Gasteiger partial charge in [0.1, 0.15) is 5.82 Å². The zero-order chi connectivity index (χ0) is 14.7.